The summed E-state index contributed by atoms with van der Waals surface area (Å²) in [7, 11) is 0. The lowest BCUT2D eigenvalue weighted by Gasteiger charge is -2.24. The normalized spacial score (nSPS) is 17.9. The standard InChI is InChI=1S/C13H19N3O4/c1-2-13(18)16(8-10-4-3-6-19-10)9-12(17)14-11-5-7-20-15-11/h5,7,10H,2-4,6,8-9H2,1H3,(H,14,15,17). The molecular formula is C13H19N3O4. The van der Waals surface area contributed by atoms with E-state index < -0.39 is 0 Å². The van der Waals surface area contributed by atoms with Gasteiger partial charge in [0.15, 0.2) is 5.82 Å². The van der Waals surface area contributed by atoms with Gasteiger partial charge in [0, 0.05) is 25.6 Å². The van der Waals surface area contributed by atoms with E-state index in [1.54, 1.807) is 13.0 Å². The van der Waals surface area contributed by atoms with E-state index >= 15 is 0 Å². The summed E-state index contributed by atoms with van der Waals surface area (Å²) in [5, 5.41) is 6.17. The van der Waals surface area contributed by atoms with E-state index in [2.05, 4.69) is 15.0 Å². The van der Waals surface area contributed by atoms with E-state index in [1.807, 2.05) is 0 Å². The molecule has 1 unspecified atom stereocenters. The van der Waals surface area contributed by atoms with Crippen molar-refractivity contribution in [1.82, 2.24) is 10.1 Å². The third-order valence-corrected chi connectivity index (χ3v) is 3.14. The first-order valence-corrected chi connectivity index (χ1v) is 6.78. The predicted molar refractivity (Wildman–Crippen MR) is 71.0 cm³/mol. The second-order valence-electron chi connectivity index (χ2n) is 4.70. The van der Waals surface area contributed by atoms with Crippen LogP contribution in [0.15, 0.2) is 16.9 Å². The van der Waals surface area contributed by atoms with Crippen molar-refractivity contribution in [2.24, 2.45) is 0 Å². The molecule has 2 heterocycles. The molecule has 7 heteroatoms. The molecule has 1 N–H and O–H groups in total. The molecule has 1 aromatic rings. The van der Waals surface area contributed by atoms with Gasteiger partial charge in [-0.1, -0.05) is 12.1 Å². The minimum absolute atomic E-state index is 0.000602. The monoisotopic (exact) mass is 281 g/mol. The summed E-state index contributed by atoms with van der Waals surface area (Å²) in [4.78, 5) is 25.3. The van der Waals surface area contributed by atoms with E-state index in [9.17, 15) is 9.59 Å². The topological polar surface area (TPSA) is 84.7 Å². The Morgan fingerprint density at radius 1 is 1.55 bits per heavy atom. The maximum atomic E-state index is 11.9. The molecule has 1 fully saturated rings. The summed E-state index contributed by atoms with van der Waals surface area (Å²) in [6.45, 7) is 2.96. The first-order valence-electron chi connectivity index (χ1n) is 6.78. The second-order valence-corrected chi connectivity index (χ2v) is 4.70. The highest BCUT2D eigenvalue weighted by Crippen LogP contribution is 2.14. The second kappa shape index (κ2) is 7.04. The van der Waals surface area contributed by atoms with Gasteiger partial charge in [0.05, 0.1) is 12.6 Å². The fourth-order valence-corrected chi connectivity index (χ4v) is 2.15. The molecule has 2 amide bonds. The van der Waals surface area contributed by atoms with Gasteiger partial charge in [0.2, 0.25) is 11.8 Å². The van der Waals surface area contributed by atoms with Crippen molar-refractivity contribution < 1.29 is 18.8 Å². The number of ether oxygens (including phenoxy) is 1. The smallest absolute Gasteiger partial charge is 0.245 e. The van der Waals surface area contributed by atoms with E-state index in [0.29, 0.717) is 18.8 Å². The average molecular weight is 281 g/mol. The Morgan fingerprint density at radius 2 is 2.40 bits per heavy atom. The zero-order valence-corrected chi connectivity index (χ0v) is 11.5. The molecule has 0 radical (unpaired) electrons. The summed E-state index contributed by atoms with van der Waals surface area (Å²) >= 11 is 0. The summed E-state index contributed by atoms with van der Waals surface area (Å²) in [6, 6.07) is 1.55. The van der Waals surface area contributed by atoms with Crippen LogP contribution in [0.5, 0.6) is 0 Å². The average Bonchev–Trinajstić information content (AvgIpc) is 3.10. The molecule has 2 rings (SSSR count). The minimum atomic E-state index is -0.293. The van der Waals surface area contributed by atoms with Crippen molar-refractivity contribution in [3.05, 3.63) is 12.3 Å². The minimum Gasteiger partial charge on any atom is -0.376 e. The van der Waals surface area contributed by atoms with Gasteiger partial charge in [-0.25, -0.2) is 0 Å². The Hall–Kier alpha value is -1.89. The Balaban J connectivity index is 1.88. The number of carbonyl (C=O) groups excluding carboxylic acids is 2. The van der Waals surface area contributed by atoms with E-state index in [-0.39, 0.29) is 24.5 Å². The van der Waals surface area contributed by atoms with Crippen LogP contribution in [0.2, 0.25) is 0 Å². The number of hydrogen-bond acceptors (Lipinski definition) is 5. The molecule has 1 aliphatic heterocycles. The van der Waals surface area contributed by atoms with Crippen LogP contribution in [-0.2, 0) is 14.3 Å². The summed E-state index contributed by atoms with van der Waals surface area (Å²) in [5.41, 5.74) is 0. The Kier molecular flexibility index (Phi) is 5.11. The number of amides is 2. The number of aromatic nitrogens is 1. The first kappa shape index (κ1) is 14.5. The van der Waals surface area contributed by atoms with Crippen molar-refractivity contribution in [1.29, 1.82) is 0 Å². The van der Waals surface area contributed by atoms with Crippen LogP contribution < -0.4 is 5.32 Å². The molecular weight excluding hydrogens is 262 g/mol. The summed E-state index contributed by atoms with van der Waals surface area (Å²) in [6.07, 6.45) is 3.70. The molecule has 0 aromatic carbocycles. The van der Waals surface area contributed by atoms with Gasteiger partial charge in [0.1, 0.15) is 6.26 Å². The van der Waals surface area contributed by atoms with Crippen molar-refractivity contribution in [2.75, 3.05) is 25.0 Å². The van der Waals surface area contributed by atoms with Crippen molar-refractivity contribution in [3.63, 3.8) is 0 Å². The fourth-order valence-electron chi connectivity index (χ4n) is 2.15. The largest absolute Gasteiger partial charge is 0.376 e. The molecule has 1 aliphatic rings. The molecule has 1 aromatic heterocycles. The van der Waals surface area contributed by atoms with Crippen LogP contribution in [0.25, 0.3) is 0 Å². The lowest BCUT2D eigenvalue weighted by Crippen LogP contribution is -2.42. The zero-order chi connectivity index (χ0) is 14.4. The molecule has 0 bridgehead atoms. The molecule has 0 saturated carbocycles. The van der Waals surface area contributed by atoms with Crippen LogP contribution in [0.1, 0.15) is 26.2 Å². The number of anilines is 1. The maximum absolute atomic E-state index is 11.9. The van der Waals surface area contributed by atoms with Crippen LogP contribution in [0, 0.1) is 0 Å². The molecule has 110 valence electrons. The molecule has 7 nitrogen and oxygen atoms in total. The van der Waals surface area contributed by atoms with Crippen molar-refractivity contribution >= 4 is 17.6 Å². The van der Waals surface area contributed by atoms with Gasteiger partial charge in [-0.2, -0.15) is 0 Å². The maximum Gasteiger partial charge on any atom is 0.245 e. The molecule has 20 heavy (non-hydrogen) atoms. The number of nitrogens with zero attached hydrogens (tertiary/aromatic N) is 2. The Labute approximate surface area is 117 Å². The number of rotatable bonds is 6. The quantitative estimate of drug-likeness (QED) is 0.842. The molecule has 1 saturated heterocycles. The first-order chi connectivity index (χ1) is 9.69. The highest BCUT2D eigenvalue weighted by Gasteiger charge is 2.23. The number of hydrogen-bond donors (Lipinski definition) is 1. The molecule has 1 atom stereocenters. The number of carbonyl (C=O) groups is 2. The van der Waals surface area contributed by atoms with Gasteiger partial charge in [0.25, 0.3) is 0 Å². The van der Waals surface area contributed by atoms with Crippen molar-refractivity contribution in [3.8, 4) is 0 Å². The van der Waals surface area contributed by atoms with Crippen LogP contribution in [0.4, 0.5) is 5.82 Å². The fraction of sp³-hybridized carbons (Fsp3) is 0.615. The zero-order valence-electron chi connectivity index (χ0n) is 11.5. The third-order valence-electron chi connectivity index (χ3n) is 3.14. The summed E-state index contributed by atoms with van der Waals surface area (Å²) < 4.78 is 10.1. The Morgan fingerprint density at radius 3 is 3.00 bits per heavy atom. The van der Waals surface area contributed by atoms with Gasteiger partial charge in [-0.3, -0.25) is 9.59 Å². The highest BCUT2D eigenvalue weighted by atomic mass is 16.5. The van der Waals surface area contributed by atoms with Gasteiger partial charge >= 0.3 is 0 Å². The lowest BCUT2D eigenvalue weighted by molar-refractivity contribution is -0.135. The van der Waals surface area contributed by atoms with Crippen LogP contribution in [-0.4, -0.2) is 47.7 Å². The third kappa shape index (κ3) is 4.06. The molecule has 0 aliphatic carbocycles. The van der Waals surface area contributed by atoms with Gasteiger partial charge in [-0.15, -0.1) is 0 Å². The van der Waals surface area contributed by atoms with Crippen LogP contribution in [0.3, 0.4) is 0 Å². The van der Waals surface area contributed by atoms with Gasteiger partial charge < -0.3 is 19.5 Å². The van der Waals surface area contributed by atoms with E-state index in [1.165, 1.54) is 11.2 Å². The van der Waals surface area contributed by atoms with E-state index in [4.69, 9.17) is 4.74 Å². The van der Waals surface area contributed by atoms with E-state index in [0.717, 1.165) is 19.4 Å². The number of nitrogens with one attached hydrogen (secondary N) is 1. The van der Waals surface area contributed by atoms with Crippen molar-refractivity contribution in [2.45, 2.75) is 32.3 Å². The molecule has 0 spiro atoms. The summed E-state index contributed by atoms with van der Waals surface area (Å²) in [5.74, 6) is -0.00878. The highest BCUT2D eigenvalue weighted by molar-refractivity contribution is 5.93. The van der Waals surface area contributed by atoms with Gasteiger partial charge in [-0.05, 0) is 12.8 Å². The van der Waals surface area contributed by atoms with Crippen LogP contribution >= 0.6 is 0 Å². The predicted octanol–water partition coefficient (Wildman–Crippen LogP) is 1.03. The SMILES string of the molecule is CCC(=O)N(CC(=O)Nc1ccon1)CC1CCCO1. The Bertz CT molecular complexity index is 440. The lowest BCUT2D eigenvalue weighted by atomic mass is 10.2.